The lowest BCUT2D eigenvalue weighted by Crippen LogP contribution is -2.16. The van der Waals surface area contributed by atoms with Gasteiger partial charge < -0.3 is 14.6 Å². The second kappa shape index (κ2) is 4.43. The molecule has 0 spiro atoms. The minimum Gasteiger partial charge on any atom is -0.486 e. The van der Waals surface area contributed by atoms with Gasteiger partial charge in [0.05, 0.1) is 5.92 Å². The third-order valence-electron chi connectivity index (χ3n) is 2.57. The molecule has 1 atom stereocenters. The molecule has 0 saturated carbocycles. The smallest absolute Gasteiger partial charge is 0.306 e. The van der Waals surface area contributed by atoms with Crippen molar-refractivity contribution in [3.8, 4) is 11.5 Å². The van der Waals surface area contributed by atoms with E-state index >= 15 is 0 Å². The van der Waals surface area contributed by atoms with Crippen LogP contribution in [0.15, 0.2) is 18.2 Å². The fourth-order valence-corrected chi connectivity index (χ4v) is 1.66. The van der Waals surface area contributed by atoms with Gasteiger partial charge in [0.2, 0.25) is 0 Å². The normalized spacial score (nSPS) is 15.6. The predicted molar refractivity (Wildman–Crippen MR) is 57.9 cm³/mol. The van der Waals surface area contributed by atoms with Crippen LogP contribution >= 0.6 is 0 Å². The van der Waals surface area contributed by atoms with Gasteiger partial charge >= 0.3 is 5.97 Å². The van der Waals surface area contributed by atoms with Crippen LogP contribution in [0, 0.1) is 5.92 Å². The summed E-state index contributed by atoms with van der Waals surface area (Å²) in [6, 6.07) is 5.57. The molecule has 0 aromatic heterocycles. The van der Waals surface area contributed by atoms with Gasteiger partial charge in [0.15, 0.2) is 11.5 Å². The first-order valence-corrected chi connectivity index (χ1v) is 5.28. The van der Waals surface area contributed by atoms with E-state index in [-0.39, 0.29) is 5.92 Å². The average molecular weight is 222 g/mol. The van der Waals surface area contributed by atoms with Crippen molar-refractivity contribution in [1.29, 1.82) is 0 Å². The second-order valence-corrected chi connectivity index (χ2v) is 3.92. The minimum absolute atomic E-state index is 0.387. The van der Waals surface area contributed by atoms with Gasteiger partial charge in [-0.15, -0.1) is 0 Å². The molecule has 4 nitrogen and oxygen atoms in total. The molecule has 0 aliphatic carbocycles. The number of benzene rings is 1. The predicted octanol–water partition coefficient (Wildman–Crippen LogP) is 1.72. The van der Waals surface area contributed by atoms with E-state index in [4.69, 9.17) is 14.6 Å². The molecule has 0 saturated heterocycles. The Morgan fingerprint density at radius 2 is 2.06 bits per heavy atom. The molecule has 1 aliphatic rings. The third-order valence-corrected chi connectivity index (χ3v) is 2.57. The van der Waals surface area contributed by atoms with Gasteiger partial charge in [-0.1, -0.05) is 13.0 Å². The maximum Gasteiger partial charge on any atom is 0.306 e. The average Bonchev–Trinajstić information content (AvgIpc) is 2.28. The van der Waals surface area contributed by atoms with Gasteiger partial charge in [-0.05, 0) is 24.1 Å². The van der Waals surface area contributed by atoms with Gasteiger partial charge in [-0.3, -0.25) is 4.79 Å². The Bertz CT molecular complexity index is 400. The number of carboxylic acids is 1. The maximum absolute atomic E-state index is 10.7. The molecule has 0 fully saturated rings. The molecular formula is C12H14O4. The quantitative estimate of drug-likeness (QED) is 0.846. The van der Waals surface area contributed by atoms with Gasteiger partial charge in [-0.2, -0.15) is 0 Å². The highest BCUT2D eigenvalue weighted by Crippen LogP contribution is 2.31. The van der Waals surface area contributed by atoms with Crippen LogP contribution in [0.3, 0.4) is 0 Å². The van der Waals surface area contributed by atoms with Crippen molar-refractivity contribution in [3.63, 3.8) is 0 Å². The van der Waals surface area contributed by atoms with Crippen LogP contribution in [0.4, 0.5) is 0 Å². The van der Waals surface area contributed by atoms with Crippen molar-refractivity contribution in [2.45, 2.75) is 13.3 Å². The summed E-state index contributed by atoms with van der Waals surface area (Å²) in [7, 11) is 0. The molecule has 1 N–H and O–H groups in total. The zero-order valence-corrected chi connectivity index (χ0v) is 9.10. The zero-order valence-electron chi connectivity index (χ0n) is 9.10. The molecule has 1 aromatic rings. The Labute approximate surface area is 93.8 Å². The Kier molecular flexibility index (Phi) is 2.99. The van der Waals surface area contributed by atoms with Crippen molar-refractivity contribution in [2.24, 2.45) is 5.92 Å². The Balaban J connectivity index is 2.14. The van der Waals surface area contributed by atoms with Crippen LogP contribution in [0.5, 0.6) is 11.5 Å². The lowest BCUT2D eigenvalue weighted by molar-refractivity contribution is -0.141. The molecule has 4 heteroatoms. The molecule has 16 heavy (non-hydrogen) atoms. The van der Waals surface area contributed by atoms with Gasteiger partial charge in [0.1, 0.15) is 13.2 Å². The van der Waals surface area contributed by atoms with E-state index in [1.807, 2.05) is 18.2 Å². The number of hydrogen-bond acceptors (Lipinski definition) is 3. The molecule has 86 valence electrons. The molecule has 1 aliphatic heterocycles. The van der Waals surface area contributed by atoms with Crippen LogP contribution < -0.4 is 9.47 Å². The lowest BCUT2D eigenvalue weighted by Gasteiger charge is -2.19. The van der Waals surface area contributed by atoms with Crippen molar-refractivity contribution in [3.05, 3.63) is 23.8 Å². The Morgan fingerprint density at radius 1 is 1.38 bits per heavy atom. The van der Waals surface area contributed by atoms with E-state index in [0.717, 1.165) is 11.3 Å². The van der Waals surface area contributed by atoms with Crippen LogP contribution in [0.25, 0.3) is 0 Å². The van der Waals surface area contributed by atoms with Gasteiger partial charge in [0, 0.05) is 0 Å². The summed E-state index contributed by atoms with van der Waals surface area (Å²) in [6.07, 6.45) is 0.506. The molecule has 1 aromatic carbocycles. The van der Waals surface area contributed by atoms with Crippen molar-refractivity contribution in [2.75, 3.05) is 13.2 Å². The van der Waals surface area contributed by atoms with Gasteiger partial charge in [0.25, 0.3) is 0 Å². The summed E-state index contributed by atoms with van der Waals surface area (Å²) >= 11 is 0. The number of rotatable bonds is 3. The van der Waals surface area contributed by atoms with E-state index in [0.29, 0.717) is 25.4 Å². The molecule has 0 amide bonds. The van der Waals surface area contributed by atoms with Crippen LogP contribution in [0.1, 0.15) is 12.5 Å². The third kappa shape index (κ3) is 2.27. The highest BCUT2D eigenvalue weighted by atomic mass is 16.6. The summed E-state index contributed by atoms with van der Waals surface area (Å²) in [5.41, 5.74) is 0.958. The number of ether oxygens (including phenoxy) is 2. The number of fused-ring (bicyclic) bond motifs is 1. The summed E-state index contributed by atoms with van der Waals surface area (Å²) in [4.78, 5) is 10.7. The van der Waals surface area contributed by atoms with E-state index < -0.39 is 5.97 Å². The SMILES string of the molecule is C[C@@H](Cc1ccc2c(c1)OCCO2)C(=O)O. The maximum atomic E-state index is 10.7. The van der Waals surface area contributed by atoms with Crippen molar-refractivity contribution < 1.29 is 19.4 Å². The summed E-state index contributed by atoms with van der Waals surface area (Å²) < 4.78 is 10.8. The first-order valence-electron chi connectivity index (χ1n) is 5.28. The van der Waals surface area contributed by atoms with E-state index in [1.54, 1.807) is 6.92 Å². The fourth-order valence-electron chi connectivity index (χ4n) is 1.66. The minimum atomic E-state index is -0.783. The molecule has 2 rings (SSSR count). The Hall–Kier alpha value is -1.71. The molecule has 0 radical (unpaired) electrons. The lowest BCUT2D eigenvalue weighted by atomic mass is 10.0. The summed E-state index contributed by atoms with van der Waals surface area (Å²) in [5, 5.41) is 8.83. The molecule has 1 heterocycles. The zero-order chi connectivity index (χ0) is 11.5. The summed E-state index contributed by atoms with van der Waals surface area (Å²) in [6.45, 7) is 2.81. The first kappa shape index (κ1) is 10.8. The van der Waals surface area contributed by atoms with E-state index in [2.05, 4.69) is 0 Å². The van der Waals surface area contributed by atoms with Gasteiger partial charge in [-0.25, -0.2) is 0 Å². The topological polar surface area (TPSA) is 55.8 Å². The largest absolute Gasteiger partial charge is 0.486 e. The van der Waals surface area contributed by atoms with Crippen LogP contribution in [0.2, 0.25) is 0 Å². The first-order chi connectivity index (χ1) is 7.66. The number of hydrogen-bond donors (Lipinski definition) is 1. The second-order valence-electron chi connectivity index (χ2n) is 3.92. The highest BCUT2D eigenvalue weighted by Gasteiger charge is 2.15. The molecular weight excluding hydrogens is 208 g/mol. The number of carboxylic acid groups (broad SMARTS) is 1. The number of carbonyl (C=O) groups is 1. The fraction of sp³-hybridized carbons (Fsp3) is 0.417. The summed E-state index contributed by atoms with van der Waals surface area (Å²) in [5.74, 6) is 0.275. The Morgan fingerprint density at radius 3 is 2.75 bits per heavy atom. The van der Waals surface area contributed by atoms with Crippen molar-refractivity contribution >= 4 is 5.97 Å². The monoisotopic (exact) mass is 222 g/mol. The van der Waals surface area contributed by atoms with E-state index in [9.17, 15) is 4.79 Å². The van der Waals surface area contributed by atoms with Crippen molar-refractivity contribution in [1.82, 2.24) is 0 Å². The van der Waals surface area contributed by atoms with Crippen LogP contribution in [-0.2, 0) is 11.2 Å². The number of aliphatic carboxylic acids is 1. The standard InChI is InChI=1S/C12H14O4/c1-8(12(13)14)6-9-2-3-10-11(7-9)16-5-4-15-10/h2-3,7-8H,4-6H2,1H3,(H,13,14)/t8-/m0/s1. The van der Waals surface area contributed by atoms with E-state index in [1.165, 1.54) is 0 Å². The molecule has 0 unspecified atom stereocenters. The van der Waals surface area contributed by atoms with Crippen LogP contribution in [-0.4, -0.2) is 24.3 Å². The highest BCUT2D eigenvalue weighted by molar-refractivity contribution is 5.70. The molecule has 0 bridgehead atoms.